The number of hydrogen-bond acceptors (Lipinski definition) is 6. The summed E-state index contributed by atoms with van der Waals surface area (Å²) in [4.78, 5) is 4.47. The molecule has 13 heteroatoms. The number of sulfonamides is 1. The molecule has 238 valence electrons. The van der Waals surface area contributed by atoms with Crippen LogP contribution in [0.2, 0.25) is 5.02 Å². The maximum absolute atomic E-state index is 15.4. The Kier molecular flexibility index (Phi) is 8.34. The number of nitrogens with one attached hydrogen (secondary N) is 2. The minimum absolute atomic E-state index is 0.0681. The predicted molar refractivity (Wildman–Crippen MR) is 172 cm³/mol. The largest absolute Gasteiger partial charge is 0.383 e. The van der Waals surface area contributed by atoms with E-state index in [4.69, 9.17) is 22.4 Å². The molecule has 0 saturated heterocycles. The number of alkyl halides is 2. The minimum Gasteiger partial charge on any atom is -0.383 e. The predicted octanol–water partition coefficient (Wildman–Crippen LogP) is 7.32. The first kappa shape index (κ1) is 31.4. The highest BCUT2D eigenvalue weighted by Gasteiger charge is 2.45. The minimum atomic E-state index is -3.96. The number of allylic oxidation sites excluding steroid dienone is 1. The zero-order chi connectivity index (χ0) is 32.1. The molecule has 1 saturated carbocycles. The molecule has 0 amide bonds. The average molecular weight is 659 g/mol. The first-order chi connectivity index (χ1) is 21.3. The van der Waals surface area contributed by atoms with Crippen LogP contribution in [0.4, 0.5) is 24.7 Å². The third-order valence-corrected chi connectivity index (χ3v) is 9.96. The van der Waals surface area contributed by atoms with Crippen LogP contribution in [0.5, 0.6) is 0 Å². The van der Waals surface area contributed by atoms with Crippen molar-refractivity contribution in [3.63, 3.8) is 0 Å². The van der Waals surface area contributed by atoms with Crippen molar-refractivity contribution in [2.75, 3.05) is 10.5 Å². The summed E-state index contributed by atoms with van der Waals surface area (Å²) in [6, 6.07) is 10.7. The number of aromatic nitrogens is 3. The van der Waals surface area contributed by atoms with Gasteiger partial charge in [-0.3, -0.25) is 9.40 Å². The highest BCUT2D eigenvalue weighted by atomic mass is 35.5. The summed E-state index contributed by atoms with van der Waals surface area (Å²) in [5.41, 5.74) is 10.1. The fourth-order valence-electron chi connectivity index (χ4n) is 6.12. The second kappa shape index (κ2) is 12.0. The van der Waals surface area contributed by atoms with E-state index in [0.29, 0.717) is 33.7 Å². The number of benzene rings is 2. The van der Waals surface area contributed by atoms with Crippen LogP contribution in [0, 0.1) is 5.82 Å². The van der Waals surface area contributed by atoms with Crippen LogP contribution in [-0.4, -0.2) is 41.2 Å². The summed E-state index contributed by atoms with van der Waals surface area (Å²) in [5.74, 6) is -3.51. The number of anilines is 2. The maximum Gasteiger partial charge on any atom is 0.251 e. The topological polar surface area (TPSA) is 115 Å². The Balaban J connectivity index is 1.29. The van der Waals surface area contributed by atoms with Crippen LogP contribution in [0.15, 0.2) is 54.7 Å². The summed E-state index contributed by atoms with van der Waals surface area (Å²) in [6.45, 7) is 3.97. The molecule has 0 radical (unpaired) electrons. The van der Waals surface area contributed by atoms with Crippen molar-refractivity contribution < 1.29 is 21.6 Å². The van der Waals surface area contributed by atoms with E-state index in [1.807, 2.05) is 18.5 Å². The second-order valence-electron chi connectivity index (χ2n) is 12.1. The molecule has 1 fully saturated rings. The molecule has 2 heterocycles. The third kappa shape index (κ3) is 6.54. The first-order valence-electron chi connectivity index (χ1n) is 14.8. The van der Waals surface area contributed by atoms with E-state index < -0.39 is 27.5 Å². The molecule has 1 unspecified atom stereocenters. The molecular weight excluding hydrogens is 625 g/mol. The Morgan fingerprint density at radius 3 is 2.56 bits per heavy atom. The SMILES string of the molecule is CC(C)n1nc(-c2ccc(NS(=O)(=O)Cc3ccccc3Cl)c(F)c2)c2c(N)ncc(C3=CCC(NC4CC(F)(F)C4)CC3)c21. The normalized spacial score (nSPS) is 18.6. The molecule has 1 atom stereocenters. The van der Waals surface area contributed by atoms with E-state index in [2.05, 4.69) is 21.1 Å². The number of pyridine rings is 1. The van der Waals surface area contributed by atoms with E-state index in [9.17, 15) is 17.2 Å². The Morgan fingerprint density at radius 1 is 1.16 bits per heavy atom. The molecule has 4 N–H and O–H groups in total. The van der Waals surface area contributed by atoms with Gasteiger partial charge in [0.25, 0.3) is 5.92 Å². The summed E-state index contributed by atoms with van der Waals surface area (Å²) < 4.78 is 71.8. The monoisotopic (exact) mass is 658 g/mol. The van der Waals surface area contributed by atoms with Crippen molar-refractivity contribution in [3.8, 4) is 11.3 Å². The summed E-state index contributed by atoms with van der Waals surface area (Å²) in [7, 11) is -3.96. The lowest BCUT2D eigenvalue weighted by Gasteiger charge is -2.38. The summed E-state index contributed by atoms with van der Waals surface area (Å²) in [5, 5.41) is 9.08. The van der Waals surface area contributed by atoms with Gasteiger partial charge in [0.2, 0.25) is 10.0 Å². The number of nitrogens with zero attached hydrogens (tertiary/aromatic N) is 3. The molecule has 45 heavy (non-hydrogen) atoms. The quantitative estimate of drug-likeness (QED) is 0.174. The van der Waals surface area contributed by atoms with Gasteiger partial charge in [-0.1, -0.05) is 41.9 Å². The first-order valence-corrected chi connectivity index (χ1v) is 16.9. The van der Waals surface area contributed by atoms with Gasteiger partial charge in [0.1, 0.15) is 17.3 Å². The van der Waals surface area contributed by atoms with E-state index >= 15 is 4.39 Å². The van der Waals surface area contributed by atoms with E-state index in [0.717, 1.165) is 29.5 Å². The van der Waals surface area contributed by atoms with Gasteiger partial charge in [0.15, 0.2) is 0 Å². The fourth-order valence-corrected chi connectivity index (χ4v) is 7.63. The number of halogens is 4. The number of nitrogen functional groups attached to an aromatic ring is 1. The Bertz CT molecular complexity index is 1900. The summed E-state index contributed by atoms with van der Waals surface area (Å²) in [6.07, 6.45) is 5.82. The van der Waals surface area contributed by atoms with Crippen molar-refractivity contribution in [1.29, 1.82) is 0 Å². The van der Waals surface area contributed by atoms with Crippen molar-refractivity contribution in [2.24, 2.45) is 0 Å². The van der Waals surface area contributed by atoms with E-state index in [-0.39, 0.29) is 42.5 Å². The molecule has 0 bridgehead atoms. The van der Waals surface area contributed by atoms with Crippen molar-refractivity contribution in [3.05, 3.63) is 76.7 Å². The van der Waals surface area contributed by atoms with Crippen molar-refractivity contribution in [2.45, 2.75) is 75.8 Å². The highest BCUT2D eigenvalue weighted by Crippen LogP contribution is 2.41. The Morgan fingerprint density at radius 2 is 1.91 bits per heavy atom. The number of nitrogens with two attached hydrogens (primary N) is 1. The average Bonchev–Trinajstić information content (AvgIpc) is 3.37. The highest BCUT2D eigenvalue weighted by molar-refractivity contribution is 7.91. The van der Waals surface area contributed by atoms with Gasteiger partial charge in [-0.25, -0.2) is 26.6 Å². The number of hydrogen-bond donors (Lipinski definition) is 3. The van der Waals surface area contributed by atoms with Crippen LogP contribution in [-0.2, 0) is 15.8 Å². The molecule has 4 aromatic rings. The molecule has 2 aliphatic rings. The van der Waals surface area contributed by atoms with Gasteiger partial charge in [0.05, 0.1) is 22.3 Å². The van der Waals surface area contributed by atoms with Gasteiger partial charge < -0.3 is 11.1 Å². The Hall–Kier alpha value is -3.61. The third-order valence-electron chi connectivity index (χ3n) is 8.37. The van der Waals surface area contributed by atoms with Crippen LogP contribution < -0.4 is 15.8 Å². The van der Waals surface area contributed by atoms with Crippen molar-refractivity contribution in [1.82, 2.24) is 20.1 Å². The number of fused-ring (bicyclic) bond motifs is 1. The number of rotatable bonds is 9. The van der Waals surface area contributed by atoms with E-state index in [1.54, 1.807) is 36.5 Å². The molecule has 2 aromatic carbocycles. The zero-order valence-corrected chi connectivity index (χ0v) is 26.4. The van der Waals surface area contributed by atoms with Gasteiger partial charge in [-0.2, -0.15) is 5.10 Å². The van der Waals surface area contributed by atoms with Gasteiger partial charge >= 0.3 is 0 Å². The molecule has 6 rings (SSSR count). The van der Waals surface area contributed by atoms with Gasteiger partial charge in [-0.15, -0.1) is 0 Å². The van der Waals surface area contributed by atoms with Crippen LogP contribution in [0.25, 0.3) is 27.7 Å². The molecule has 0 aliphatic heterocycles. The standard InChI is InChI=1S/C32H34ClF3N6O2S/c1-18(2)42-30-24(19-7-10-22(11-8-19)39-23-14-32(35,36)15-23)16-38-31(37)28(30)29(40-42)20-9-12-27(26(34)13-20)41-45(43,44)17-21-5-3-4-6-25(21)33/h3-7,9,12-13,16,18,22-23,39,41H,8,10-11,14-15,17H2,1-2H3,(H2,37,38). The molecule has 8 nitrogen and oxygen atoms in total. The van der Waals surface area contributed by atoms with Crippen LogP contribution in [0.3, 0.4) is 0 Å². The smallest absolute Gasteiger partial charge is 0.251 e. The molecular formula is C32H34ClF3N6O2S. The van der Waals surface area contributed by atoms with Gasteiger partial charge in [-0.05, 0) is 62.4 Å². The molecule has 2 aliphatic carbocycles. The van der Waals surface area contributed by atoms with Gasteiger partial charge in [0, 0.05) is 53.3 Å². The second-order valence-corrected chi connectivity index (χ2v) is 14.3. The van der Waals surface area contributed by atoms with E-state index in [1.165, 1.54) is 12.1 Å². The molecule has 2 aromatic heterocycles. The lowest BCUT2D eigenvalue weighted by Crippen LogP contribution is -2.52. The van der Waals surface area contributed by atoms with Crippen LogP contribution >= 0.6 is 11.6 Å². The fraction of sp³-hybridized carbons (Fsp3) is 0.375. The zero-order valence-electron chi connectivity index (χ0n) is 24.8. The summed E-state index contributed by atoms with van der Waals surface area (Å²) >= 11 is 6.12. The molecule has 0 spiro atoms. The Labute approximate surface area is 264 Å². The van der Waals surface area contributed by atoms with Crippen molar-refractivity contribution >= 4 is 49.6 Å². The maximum atomic E-state index is 15.4. The lowest BCUT2D eigenvalue weighted by atomic mass is 9.85. The van der Waals surface area contributed by atoms with Crippen LogP contribution in [0.1, 0.15) is 63.1 Å². The lowest BCUT2D eigenvalue weighted by molar-refractivity contribution is -0.0948.